The van der Waals surface area contributed by atoms with Crippen molar-refractivity contribution in [1.29, 1.82) is 0 Å². The molecule has 2 nitrogen and oxygen atoms in total. The van der Waals surface area contributed by atoms with Crippen molar-refractivity contribution in [2.45, 2.75) is 30.9 Å². The minimum Gasteiger partial charge on any atom is -0.224 e. The van der Waals surface area contributed by atoms with Crippen molar-refractivity contribution in [3.63, 3.8) is 0 Å². The third-order valence-corrected chi connectivity index (χ3v) is 5.74. The van der Waals surface area contributed by atoms with Gasteiger partial charge in [-0.25, -0.2) is 8.42 Å². The van der Waals surface area contributed by atoms with Crippen molar-refractivity contribution in [3.05, 3.63) is 40.3 Å². The van der Waals surface area contributed by atoms with Crippen molar-refractivity contribution in [1.82, 2.24) is 0 Å². The summed E-state index contributed by atoms with van der Waals surface area (Å²) < 4.78 is 24.2. The first-order chi connectivity index (χ1) is 7.68. The summed E-state index contributed by atoms with van der Waals surface area (Å²) in [6, 6.07) is 8.04. The fraction of sp³-hybridized carbons (Fsp3) is 0.385. The molecule has 0 radical (unpaired) electrons. The van der Waals surface area contributed by atoms with Gasteiger partial charge in [-0.3, -0.25) is 0 Å². The van der Waals surface area contributed by atoms with Crippen molar-refractivity contribution in [2.75, 3.05) is 0 Å². The fourth-order valence-corrected chi connectivity index (χ4v) is 4.09. The summed E-state index contributed by atoms with van der Waals surface area (Å²) in [6.07, 6.45) is 5.10. The van der Waals surface area contributed by atoms with E-state index in [1.54, 1.807) is 0 Å². The van der Waals surface area contributed by atoms with E-state index in [9.17, 15) is 8.42 Å². The second-order valence-corrected chi connectivity index (χ2v) is 6.83. The number of aryl methyl sites for hydroxylation is 1. The lowest BCUT2D eigenvalue weighted by molar-refractivity contribution is 0.599. The molecule has 16 heavy (non-hydrogen) atoms. The lowest BCUT2D eigenvalue weighted by atomic mass is 9.98. The number of sulfone groups is 1. The zero-order chi connectivity index (χ0) is 11.2. The van der Waals surface area contributed by atoms with Crippen LogP contribution in [0, 0.1) is 0 Å². The summed E-state index contributed by atoms with van der Waals surface area (Å²) in [5.74, 6) is 0. The van der Waals surface area contributed by atoms with Gasteiger partial charge in [-0.15, -0.1) is 0 Å². The largest absolute Gasteiger partial charge is 0.224 e. The number of hydrogen-bond donors (Lipinski definition) is 0. The Balaban J connectivity index is 2.03. The van der Waals surface area contributed by atoms with Crippen LogP contribution in [0.4, 0.5) is 0 Å². The van der Waals surface area contributed by atoms with E-state index in [1.807, 2.05) is 24.3 Å². The van der Waals surface area contributed by atoms with Gasteiger partial charge in [0.05, 0.1) is 5.25 Å². The topological polar surface area (TPSA) is 34.1 Å². The molecular weight excluding hydrogens is 220 g/mol. The highest BCUT2D eigenvalue weighted by Crippen LogP contribution is 2.37. The average Bonchev–Trinajstić information content (AvgIpc) is 3.12. The van der Waals surface area contributed by atoms with Gasteiger partial charge in [0.15, 0.2) is 9.84 Å². The Morgan fingerprint density at radius 1 is 1.06 bits per heavy atom. The van der Waals surface area contributed by atoms with E-state index in [0.29, 0.717) is 11.3 Å². The number of fused-ring (bicyclic) bond motifs is 1. The van der Waals surface area contributed by atoms with E-state index in [2.05, 4.69) is 6.07 Å². The predicted octanol–water partition coefficient (Wildman–Crippen LogP) is 2.55. The normalized spacial score (nSPS) is 20.1. The number of hydrogen-bond acceptors (Lipinski definition) is 2. The third kappa shape index (κ3) is 1.59. The van der Waals surface area contributed by atoms with Crippen LogP contribution in [0.3, 0.4) is 0 Å². The lowest BCUT2D eigenvalue weighted by Crippen LogP contribution is -2.13. The molecule has 2 aliphatic carbocycles. The number of allylic oxidation sites excluding steroid dienone is 1. The van der Waals surface area contributed by atoms with Crippen LogP contribution in [-0.2, 0) is 16.3 Å². The molecule has 0 bridgehead atoms. The molecule has 3 rings (SSSR count). The maximum absolute atomic E-state index is 12.1. The Bertz CT molecular complexity index is 551. The van der Waals surface area contributed by atoms with Crippen LogP contribution in [0.2, 0.25) is 0 Å². The highest BCUT2D eigenvalue weighted by Gasteiger charge is 2.38. The average molecular weight is 234 g/mol. The summed E-state index contributed by atoms with van der Waals surface area (Å²) in [5.41, 5.74) is 2.34. The minimum atomic E-state index is -2.97. The number of benzene rings is 1. The van der Waals surface area contributed by atoms with Gasteiger partial charge in [0, 0.05) is 4.91 Å². The summed E-state index contributed by atoms with van der Waals surface area (Å²) in [7, 11) is -2.97. The van der Waals surface area contributed by atoms with Gasteiger partial charge in [0.1, 0.15) is 0 Å². The van der Waals surface area contributed by atoms with Crippen LogP contribution < -0.4 is 0 Å². The molecule has 3 heteroatoms. The van der Waals surface area contributed by atoms with Crippen LogP contribution in [0.15, 0.2) is 29.2 Å². The Hall–Kier alpha value is -1.09. The van der Waals surface area contributed by atoms with Gasteiger partial charge in [-0.05, 0) is 42.9 Å². The van der Waals surface area contributed by atoms with E-state index in [-0.39, 0.29) is 5.25 Å². The molecule has 1 saturated carbocycles. The molecule has 2 aliphatic rings. The second kappa shape index (κ2) is 3.45. The molecule has 1 aromatic carbocycles. The van der Waals surface area contributed by atoms with E-state index >= 15 is 0 Å². The van der Waals surface area contributed by atoms with Crippen LogP contribution in [0.5, 0.6) is 0 Å². The predicted molar refractivity (Wildman–Crippen MR) is 64.7 cm³/mol. The molecule has 0 unspecified atom stereocenters. The van der Waals surface area contributed by atoms with Crippen LogP contribution in [-0.4, -0.2) is 13.7 Å². The molecule has 0 aliphatic heterocycles. The minimum absolute atomic E-state index is 0.0796. The molecule has 1 fully saturated rings. The molecule has 0 N–H and O–H groups in total. The first kappa shape index (κ1) is 10.1. The van der Waals surface area contributed by atoms with Crippen molar-refractivity contribution >= 4 is 15.9 Å². The molecule has 84 valence electrons. The highest BCUT2D eigenvalue weighted by atomic mass is 32.2. The molecule has 0 heterocycles. The van der Waals surface area contributed by atoms with E-state index in [4.69, 9.17) is 0 Å². The highest BCUT2D eigenvalue weighted by molar-refractivity contribution is 7.96. The molecular formula is C13H14O2S. The number of rotatable bonds is 2. The Morgan fingerprint density at radius 3 is 2.56 bits per heavy atom. The van der Waals surface area contributed by atoms with Crippen LogP contribution >= 0.6 is 0 Å². The summed E-state index contributed by atoms with van der Waals surface area (Å²) >= 11 is 0. The molecule has 0 aromatic heterocycles. The standard InChI is InChI=1S/C13H14O2S/c14-16(15,12-7-8-12)13-6-5-10-3-1-2-4-11(10)9-13/h1-4,9,12H,5-8H2. The maximum atomic E-state index is 12.1. The molecule has 0 spiro atoms. The SMILES string of the molecule is O=S(=O)(C1=Cc2ccccc2CC1)C1CC1. The van der Waals surface area contributed by atoms with Gasteiger partial charge in [0.25, 0.3) is 0 Å². The summed E-state index contributed by atoms with van der Waals surface area (Å²) in [4.78, 5) is 0.647. The fourth-order valence-electron chi connectivity index (χ4n) is 2.22. The quantitative estimate of drug-likeness (QED) is 0.788. The molecule has 0 amide bonds. The van der Waals surface area contributed by atoms with Crippen LogP contribution in [0.1, 0.15) is 30.4 Å². The van der Waals surface area contributed by atoms with Gasteiger partial charge in [0.2, 0.25) is 0 Å². The van der Waals surface area contributed by atoms with Crippen molar-refractivity contribution < 1.29 is 8.42 Å². The lowest BCUT2D eigenvalue weighted by Gasteiger charge is -2.16. The van der Waals surface area contributed by atoms with Crippen molar-refractivity contribution in [3.8, 4) is 0 Å². The van der Waals surface area contributed by atoms with E-state index in [0.717, 1.165) is 24.8 Å². The van der Waals surface area contributed by atoms with E-state index in [1.165, 1.54) is 5.56 Å². The van der Waals surface area contributed by atoms with Crippen molar-refractivity contribution in [2.24, 2.45) is 0 Å². The monoisotopic (exact) mass is 234 g/mol. The zero-order valence-corrected chi connectivity index (χ0v) is 9.83. The smallest absolute Gasteiger partial charge is 0.177 e. The molecule has 0 atom stereocenters. The maximum Gasteiger partial charge on any atom is 0.177 e. The van der Waals surface area contributed by atoms with Gasteiger partial charge >= 0.3 is 0 Å². The Labute approximate surface area is 95.9 Å². The van der Waals surface area contributed by atoms with Gasteiger partial charge < -0.3 is 0 Å². The molecule has 0 saturated heterocycles. The molecule has 1 aromatic rings. The van der Waals surface area contributed by atoms with Gasteiger partial charge in [-0.2, -0.15) is 0 Å². The zero-order valence-electron chi connectivity index (χ0n) is 9.02. The Morgan fingerprint density at radius 2 is 1.81 bits per heavy atom. The summed E-state index contributed by atoms with van der Waals surface area (Å²) in [6.45, 7) is 0. The van der Waals surface area contributed by atoms with E-state index < -0.39 is 9.84 Å². The Kier molecular flexibility index (Phi) is 2.18. The first-order valence-corrected chi connectivity index (χ1v) is 7.25. The van der Waals surface area contributed by atoms with Gasteiger partial charge in [-0.1, -0.05) is 24.3 Å². The summed E-state index contributed by atoms with van der Waals surface area (Å²) in [5, 5.41) is -0.0796. The van der Waals surface area contributed by atoms with Crippen LogP contribution in [0.25, 0.3) is 6.08 Å². The second-order valence-electron chi connectivity index (χ2n) is 4.55. The first-order valence-electron chi connectivity index (χ1n) is 5.70. The third-order valence-electron chi connectivity index (χ3n) is 3.34.